The van der Waals surface area contributed by atoms with Crippen LogP contribution in [0.5, 0.6) is 11.5 Å². The number of nitrogens with zero attached hydrogens (tertiary/aromatic N) is 1. The molecule has 0 radical (unpaired) electrons. The molecule has 1 aromatic rings. The molecule has 1 atom stereocenters. The van der Waals surface area contributed by atoms with Crippen molar-refractivity contribution in [3.05, 3.63) is 45.5 Å². The number of hydrogen-bond acceptors (Lipinski definition) is 7. The van der Waals surface area contributed by atoms with Crippen LogP contribution in [0.2, 0.25) is 5.02 Å². The number of carbonyl (C=O) groups is 1. The number of carbonyl (C=O) groups excluding carboxylic acids is 1. The van der Waals surface area contributed by atoms with Crippen LogP contribution >= 0.6 is 11.6 Å². The summed E-state index contributed by atoms with van der Waals surface area (Å²) >= 11 is 6.28. The van der Waals surface area contributed by atoms with Gasteiger partial charge in [-0.3, -0.25) is 0 Å². The third-order valence-corrected chi connectivity index (χ3v) is 4.35. The lowest BCUT2D eigenvalue weighted by molar-refractivity contribution is -0.139. The smallest absolute Gasteiger partial charge is 0.338 e. The van der Waals surface area contributed by atoms with E-state index in [-0.39, 0.29) is 29.4 Å². The Morgan fingerprint density at radius 2 is 2.11 bits per heavy atom. The van der Waals surface area contributed by atoms with E-state index in [9.17, 15) is 10.1 Å². The molecule has 1 unspecified atom stereocenters. The molecule has 8 heteroatoms. The van der Waals surface area contributed by atoms with Gasteiger partial charge in [0.05, 0.1) is 31.8 Å². The highest BCUT2D eigenvalue weighted by Crippen LogP contribution is 2.47. The molecule has 7 nitrogen and oxygen atoms in total. The maximum absolute atomic E-state index is 12.7. The highest BCUT2D eigenvalue weighted by Gasteiger charge is 2.38. The Bertz CT molecular complexity index is 870. The van der Waals surface area contributed by atoms with Gasteiger partial charge in [-0.05, 0) is 26.3 Å². The fourth-order valence-electron chi connectivity index (χ4n) is 2.98. The fraction of sp³-hybridized carbons (Fsp3) is 0.400. The minimum atomic E-state index is -0.864. The zero-order chi connectivity index (χ0) is 20.8. The quantitative estimate of drug-likeness (QED) is 0.687. The lowest BCUT2D eigenvalue weighted by Crippen LogP contribution is -2.26. The summed E-state index contributed by atoms with van der Waals surface area (Å²) in [5.41, 5.74) is 6.66. The lowest BCUT2D eigenvalue weighted by atomic mass is 9.82. The van der Waals surface area contributed by atoms with Gasteiger partial charge in [0.25, 0.3) is 0 Å². The Balaban J connectivity index is 2.78. The predicted octanol–water partition coefficient (Wildman–Crippen LogP) is 3.78. The lowest BCUT2D eigenvalue weighted by Gasteiger charge is -2.28. The van der Waals surface area contributed by atoms with Gasteiger partial charge >= 0.3 is 5.97 Å². The first kappa shape index (κ1) is 21.5. The molecular weight excluding hydrogens is 384 g/mol. The Kier molecular flexibility index (Phi) is 7.18. The molecule has 2 rings (SSSR count). The van der Waals surface area contributed by atoms with E-state index >= 15 is 0 Å². The maximum Gasteiger partial charge on any atom is 0.338 e. The van der Waals surface area contributed by atoms with Gasteiger partial charge in [0, 0.05) is 16.7 Å². The fourth-order valence-corrected chi connectivity index (χ4v) is 3.20. The van der Waals surface area contributed by atoms with Crippen molar-refractivity contribution < 1.29 is 23.7 Å². The van der Waals surface area contributed by atoms with E-state index in [4.69, 9.17) is 36.3 Å². The summed E-state index contributed by atoms with van der Waals surface area (Å²) in [4.78, 5) is 12.7. The van der Waals surface area contributed by atoms with Crippen molar-refractivity contribution in [2.45, 2.75) is 33.1 Å². The number of ether oxygens (including phenoxy) is 4. The summed E-state index contributed by atoms with van der Waals surface area (Å²) < 4.78 is 21.9. The normalized spacial score (nSPS) is 16.4. The van der Waals surface area contributed by atoms with Gasteiger partial charge in [0.15, 0.2) is 11.5 Å². The summed E-state index contributed by atoms with van der Waals surface area (Å²) in [6, 6.07) is 5.27. The van der Waals surface area contributed by atoms with Gasteiger partial charge < -0.3 is 24.7 Å². The van der Waals surface area contributed by atoms with Crippen LogP contribution in [0.4, 0.5) is 0 Å². The average Bonchev–Trinajstić information content (AvgIpc) is 2.65. The second-order valence-corrected chi connectivity index (χ2v) is 6.43. The topological polar surface area (TPSA) is 104 Å². The van der Waals surface area contributed by atoms with Gasteiger partial charge in [0.1, 0.15) is 17.4 Å². The van der Waals surface area contributed by atoms with Crippen molar-refractivity contribution in [1.82, 2.24) is 0 Å². The molecule has 2 N–H and O–H groups in total. The molecule has 1 aliphatic rings. The van der Waals surface area contributed by atoms with E-state index in [1.165, 1.54) is 7.11 Å². The number of nitrogens with two attached hydrogens (primary N) is 1. The van der Waals surface area contributed by atoms with E-state index in [0.29, 0.717) is 28.7 Å². The van der Waals surface area contributed by atoms with Crippen LogP contribution in [0, 0.1) is 11.3 Å². The monoisotopic (exact) mass is 406 g/mol. The number of rotatable bonds is 7. The average molecular weight is 407 g/mol. The Labute approximate surface area is 169 Å². The van der Waals surface area contributed by atoms with Crippen LogP contribution in [0.15, 0.2) is 34.9 Å². The van der Waals surface area contributed by atoms with Crippen LogP contribution in [0.1, 0.15) is 38.7 Å². The third-order valence-electron chi connectivity index (χ3n) is 4.13. The van der Waals surface area contributed by atoms with Crippen molar-refractivity contribution >= 4 is 17.6 Å². The molecule has 1 heterocycles. The highest BCUT2D eigenvalue weighted by molar-refractivity contribution is 6.30. The SMILES string of the molecule is CCCOc1c(OC)cc(Cl)cc1C1C(C#N)=C(N)OC(C)=C1C(=O)OCC. The maximum atomic E-state index is 12.7. The molecule has 1 aromatic carbocycles. The molecule has 0 spiro atoms. The van der Waals surface area contributed by atoms with E-state index in [0.717, 1.165) is 6.42 Å². The van der Waals surface area contributed by atoms with Crippen LogP contribution in [0.25, 0.3) is 0 Å². The zero-order valence-electron chi connectivity index (χ0n) is 16.3. The van der Waals surface area contributed by atoms with Crippen LogP contribution in [-0.2, 0) is 14.3 Å². The highest BCUT2D eigenvalue weighted by atomic mass is 35.5. The Hall–Kier alpha value is -2.85. The predicted molar refractivity (Wildman–Crippen MR) is 104 cm³/mol. The Morgan fingerprint density at radius 1 is 1.39 bits per heavy atom. The first-order valence-electron chi connectivity index (χ1n) is 8.85. The van der Waals surface area contributed by atoms with E-state index in [1.807, 2.05) is 13.0 Å². The van der Waals surface area contributed by atoms with E-state index in [2.05, 4.69) is 0 Å². The summed E-state index contributed by atoms with van der Waals surface area (Å²) in [5.74, 6) is -0.531. The zero-order valence-corrected chi connectivity index (χ0v) is 17.1. The van der Waals surface area contributed by atoms with E-state index < -0.39 is 11.9 Å². The Morgan fingerprint density at radius 3 is 2.68 bits per heavy atom. The molecule has 1 aliphatic heterocycles. The largest absolute Gasteiger partial charge is 0.493 e. The molecule has 0 amide bonds. The second-order valence-electron chi connectivity index (χ2n) is 5.99. The van der Waals surface area contributed by atoms with Crippen molar-refractivity contribution in [1.29, 1.82) is 5.26 Å². The summed E-state index contributed by atoms with van der Waals surface area (Å²) in [7, 11) is 1.49. The third kappa shape index (κ3) is 4.18. The van der Waals surface area contributed by atoms with Gasteiger partial charge in [-0.2, -0.15) is 5.26 Å². The van der Waals surface area contributed by atoms with Gasteiger partial charge in [-0.25, -0.2) is 4.79 Å². The molecule has 0 bridgehead atoms. The molecule has 150 valence electrons. The molecule has 0 fully saturated rings. The number of nitriles is 1. The summed E-state index contributed by atoms with van der Waals surface area (Å²) in [6.45, 7) is 5.83. The van der Waals surface area contributed by atoms with Crippen molar-refractivity contribution in [2.24, 2.45) is 5.73 Å². The van der Waals surface area contributed by atoms with Crippen LogP contribution < -0.4 is 15.2 Å². The molecule has 0 saturated heterocycles. The molecule has 0 saturated carbocycles. The molecule has 28 heavy (non-hydrogen) atoms. The molecule has 0 aromatic heterocycles. The summed E-state index contributed by atoms with van der Waals surface area (Å²) in [6.07, 6.45) is 0.752. The van der Waals surface area contributed by atoms with Gasteiger partial charge in [-0.15, -0.1) is 0 Å². The minimum absolute atomic E-state index is 0.0688. The van der Waals surface area contributed by atoms with Crippen molar-refractivity contribution in [3.8, 4) is 17.6 Å². The number of methoxy groups -OCH3 is 1. The first-order chi connectivity index (χ1) is 13.4. The van der Waals surface area contributed by atoms with Gasteiger partial charge in [0.2, 0.25) is 5.88 Å². The minimum Gasteiger partial charge on any atom is -0.493 e. The van der Waals surface area contributed by atoms with Crippen molar-refractivity contribution in [2.75, 3.05) is 20.3 Å². The number of hydrogen-bond donors (Lipinski definition) is 1. The number of esters is 1. The van der Waals surface area contributed by atoms with Crippen LogP contribution in [0.3, 0.4) is 0 Å². The van der Waals surface area contributed by atoms with E-state index in [1.54, 1.807) is 26.0 Å². The standard InChI is InChI=1S/C20H23ClN2O5/c1-5-7-27-18-13(8-12(21)9-15(18)25-4)17-14(10-22)19(23)28-11(3)16(17)20(24)26-6-2/h8-9,17H,5-7,23H2,1-4H3. The van der Waals surface area contributed by atoms with Gasteiger partial charge in [-0.1, -0.05) is 18.5 Å². The molecule has 0 aliphatic carbocycles. The van der Waals surface area contributed by atoms with Crippen molar-refractivity contribution in [3.63, 3.8) is 0 Å². The first-order valence-corrected chi connectivity index (χ1v) is 9.22. The second kappa shape index (κ2) is 9.38. The number of halogens is 1. The molecular formula is C20H23ClN2O5. The van der Waals surface area contributed by atoms with Crippen LogP contribution in [-0.4, -0.2) is 26.3 Å². The number of benzene rings is 1. The summed E-state index contributed by atoms with van der Waals surface area (Å²) in [5, 5.41) is 10.1. The number of allylic oxidation sites excluding steroid dienone is 2.